The first-order chi connectivity index (χ1) is 13.9. The molecule has 7 heteroatoms. The molecule has 1 amide bonds. The molecule has 3 rings (SSSR count). The second kappa shape index (κ2) is 8.87. The molecule has 0 aliphatic rings. The number of hydrogen-bond donors (Lipinski definition) is 1. The zero-order valence-corrected chi connectivity index (χ0v) is 17.3. The number of benzene rings is 1. The number of ether oxygens (including phenoxy) is 1. The quantitative estimate of drug-likeness (QED) is 0.467. The van der Waals surface area contributed by atoms with Crippen LogP contribution in [0.15, 0.2) is 47.8 Å². The molecule has 0 saturated heterocycles. The predicted octanol–water partition coefficient (Wildman–Crippen LogP) is 4.21. The van der Waals surface area contributed by atoms with E-state index in [1.165, 1.54) is 11.8 Å². The number of esters is 1. The standard InChI is InChI=1S/C22H22N2O4S/c1-14-11-19(15(2)24(14)12-17-7-6-10-29-17)22(27)28-13-21(26)23-20-9-5-4-8-18(20)16(3)25/h4-11H,12-13H2,1-3H3,(H,23,26). The number of aryl methyl sites for hydroxylation is 1. The van der Waals surface area contributed by atoms with Crippen molar-refractivity contribution in [3.63, 3.8) is 0 Å². The van der Waals surface area contributed by atoms with Gasteiger partial charge in [0.25, 0.3) is 5.91 Å². The first-order valence-corrected chi connectivity index (χ1v) is 10.0. The number of aromatic nitrogens is 1. The van der Waals surface area contributed by atoms with Crippen LogP contribution in [-0.2, 0) is 16.1 Å². The van der Waals surface area contributed by atoms with Crippen LogP contribution < -0.4 is 5.32 Å². The fourth-order valence-electron chi connectivity index (χ4n) is 3.10. The number of carbonyl (C=O) groups excluding carboxylic acids is 3. The van der Waals surface area contributed by atoms with Gasteiger partial charge in [0, 0.05) is 21.8 Å². The summed E-state index contributed by atoms with van der Waals surface area (Å²) in [4.78, 5) is 37.5. The molecule has 0 bridgehead atoms. The molecule has 0 spiro atoms. The average Bonchev–Trinajstić information content (AvgIpc) is 3.30. The number of thiophene rings is 1. The summed E-state index contributed by atoms with van der Waals surface area (Å²) in [7, 11) is 0. The third-order valence-corrected chi connectivity index (χ3v) is 5.46. The maximum absolute atomic E-state index is 12.5. The van der Waals surface area contributed by atoms with Gasteiger partial charge in [-0.25, -0.2) is 4.79 Å². The molecule has 0 unspecified atom stereocenters. The van der Waals surface area contributed by atoms with Gasteiger partial charge in [-0.1, -0.05) is 18.2 Å². The lowest BCUT2D eigenvalue weighted by Crippen LogP contribution is -2.22. The van der Waals surface area contributed by atoms with Crippen molar-refractivity contribution in [2.24, 2.45) is 0 Å². The molecule has 0 fully saturated rings. The number of Topliss-reactive ketones (excluding diaryl/α,β-unsaturated/α-hetero) is 1. The highest BCUT2D eigenvalue weighted by Crippen LogP contribution is 2.20. The lowest BCUT2D eigenvalue weighted by atomic mass is 10.1. The van der Waals surface area contributed by atoms with E-state index in [1.807, 2.05) is 35.9 Å². The normalized spacial score (nSPS) is 10.6. The summed E-state index contributed by atoms with van der Waals surface area (Å²) >= 11 is 1.66. The number of anilines is 1. The molecular weight excluding hydrogens is 388 g/mol. The average molecular weight is 410 g/mol. The van der Waals surface area contributed by atoms with E-state index in [9.17, 15) is 14.4 Å². The van der Waals surface area contributed by atoms with Crippen LogP contribution in [0.1, 0.15) is 43.9 Å². The van der Waals surface area contributed by atoms with Crippen LogP contribution in [0.4, 0.5) is 5.69 Å². The molecule has 2 aromatic heterocycles. The van der Waals surface area contributed by atoms with E-state index >= 15 is 0 Å². The van der Waals surface area contributed by atoms with Crippen molar-refractivity contribution >= 4 is 34.7 Å². The van der Waals surface area contributed by atoms with Crippen molar-refractivity contribution in [1.29, 1.82) is 0 Å². The summed E-state index contributed by atoms with van der Waals surface area (Å²) in [5.41, 5.74) is 2.99. The van der Waals surface area contributed by atoms with Gasteiger partial charge in [0.05, 0.1) is 17.8 Å². The minimum Gasteiger partial charge on any atom is -0.452 e. The van der Waals surface area contributed by atoms with Crippen LogP contribution in [0, 0.1) is 13.8 Å². The maximum atomic E-state index is 12.5. The SMILES string of the molecule is CC(=O)c1ccccc1NC(=O)COC(=O)c1cc(C)n(Cc2cccs2)c1C. The summed E-state index contributed by atoms with van der Waals surface area (Å²) in [6.07, 6.45) is 0. The van der Waals surface area contributed by atoms with Gasteiger partial charge in [-0.15, -0.1) is 11.3 Å². The zero-order valence-electron chi connectivity index (χ0n) is 16.5. The van der Waals surface area contributed by atoms with E-state index in [4.69, 9.17) is 4.74 Å². The molecule has 0 atom stereocenters. The zero-order chi connectivity index (χ0) is 21.0. The van der Waals surface area contributed by atoms with Crippen LogP contribution >= 0.6 is 11.3 Å². The molecule has 2 heterocycles. The minimum absolute atomic E-state index is 0.156. The number of ketones is 1. The summed E-state index contributed by atoms with van der Waals surface area (Å²) < 4.78 is 7.25. The molecule has 1 N–H and O–H groups in total. The summed E-state index contributed by atoms with van der Waals surface area (Å²) in [5, 5.41) is 4.63. The number of hydrogen-bond acceptors (Lipinski definition) is 5. The number of amides is 1. The van der Waals surface area contributed by atoms with Crippen molar-refractivity contribution in [3.8, 4) is 0 Å². The summed E-state index contributed by atoms with van der Waals surface area (Å²) in [6.45, 7) is 5.48. The second-order valence-electron chi connectivity index (χ2n) is 6.68. The highest BCUT2D eigenvalue weighted by molar-refractivity contribution is 7.09. The molecule has 0 aliphatic carbocycles. The highest BCUT2D eigenvalue weighted by atomic mass is 32.1. The molecule has 0 saturated carbocycles. The van der Waals surface area contributed by atoms with Gasteiger partial charge in [0.1, 0.15) is 0 Å². The Balaban J connectivity index is 1.64. The topological polar surface area (TPSA) is 77.4 Å². The minimum atomic E-state index is -0.550. The van der Waals surface area contributed by atoms with E-state index in [1.54, 1.807) is 41.7 Å². The van der Waals surface area contributed by atoms with Crippen molar-refractivity contribution in [2.45, 2.75) is 27.3 Å². The van der Waals surface area contributed by atoms with Gasteiger partial charge < -0.3 is 14.6 Å². The second-order valence-corrected chi connectivity index (χ2v) is 7.71. The molecule has 0 radical (unpaired) electrons. The van der Waals surface area contributed by atoms with E-state index in [0.717, 1.165) is 11.4 Å². The molecule has 0 aliphatic heterocycles. The molecule has 6 nitrogen and oxygen atoms in total. The van der Waals surface area contributed by atoms with Crippen LogP contribution in [0.25, 0.3) is 0 Å². The van der Waals surface area contributed by atoms with Gasteiger partial charge in [-0.3, -0.25) is 9.59 Å². The largest absolute Gasteiger partial charge is 0.452 e. The number of para-hydroxylation sites is 1. The van der Waals surface area contributed by atoms with Gasteiger partial charge in [0.15, 0.2) is 12.4 Å². The Labute approximate surface area is 173 Å². The van der Waals surface area contributed by atoms with Crippen LogP contribution in [0.2, 0.25) is 0 Å². The number of rotatable bonds is 7. The molecule has 1 aromatic carbocycles. The number of nitrogens with one attached hydrogen (secondary N) is 1. The maximum Gasteiger partial charge on any atom is 0.340 e. The van der Waals surface area contributed by atoms with Crippen LogP contribution in [-0.4, -0.2) is 28.8 Å². The Bertz CT molecular complexity index is 1050. The van der Waals surface area contributed by atoms with Gasteiger partial charge in [-0.2, -0.15) is 0 Å². The molecule has 150 valence electrons. The van der Waals surface area contributed by atoms with Gasteiger partial charge >= 0.3 is 5.97 Å². The number of carbonyl (C=O) groups is 3. The first kappa shape index (κ1) is 20.5. The molecular formula is C22H22N2O4S. The van der Waals surface area contributed by atoms with Crippen molar-refractivity contribution in [2.75, 3.05) is 11.9 Å². The van der Waals surface area contributed by atoms with Crippen molar-refractivity contribution in [3.05, 3.63) is 75.2 Å². The third-order valence-electron chi connectivity index (χ3n) is 4.60. The smallest absolute Gasteiger partial charge is 0.340 e. The van der Waals surface area contributed by atoms with E-state index in [2.05, 4.69) is 5.32 Å². The van der Waals surface area contributed by atoms with E-state index < -0.39 is 18.5 Å². The van der Waals surface area contributed by atoms with Crippen LogP contribution in [0.3, 0.4) is 0 Å². The van der Waals surface area contributed by atoms with Crippen LogP contribution in [0.5, 0.6) is 0 Å². The van der Waals surface area contributed by atoms with Gasteiger partial charge in [-0.05, 0) is 50.4 Å². The number of nitrogens with zero attached hydrogens (tertiary/aromatic N) is 1. The first-order valence-electron chi connectivity index (χ1n) is 9.13. The lowest BCUT2D eigenvalue weighted by molar-refractivity contribution is -0.119. The Morgan fingerprint density at radius 1 is 1.07 bits per heavy atom. The third kappa shape index (κ3) is 4.81. The Morgan fingerprint density at radius 2 is 1.83 bits per heavy atom. The molecule has 3 aromatic rings. The van der Waals surface area contributed by atoms with Gasteiger partial charge in [0.2, 0.25) is 0 Å². The fraction of sp³-hybridized carbons (Fsp3) is 0.227. The fourth-order valence-corrected chi connectivity index (χ4v) is 3.80. The monoisotopic (exact) mass is 410 g/mol. The summed E-state index contributed by atoms with van der Waals surface area (Å²) in [6, 6.07) is 12.5. The predicted molar refractivity (Wildman–Crippen MR) is 113 cm³/mol. The van der Waals surface area contributed by atoms with Crippen molar-refractivity contribution in [1.82, 2.24) is 4.57 Å². The van der Waals surface area contributed by atoms with E-state index in [0.29, 0.717) is 23.4 Å². The Hall–Kier alpha value is -3.19. The highest BCUT2D eigenvalue weighted by Gasteiger charge is 2.19. The van der Waals surface area contributed by atoms with E-state index in [-0.39, 0.29) is 5.78 Å². The summed E-state index contributed by atoms with van der Waals surface area (Å²) in [5.74, 6) is -1.21. The lowest BCUT2D eigenvalue weighted by Gasteiger charge is -2.10. The Kier molecular flexibility index (Phi) is 6.29. The Morgan fingerprint density at radius 3 is 2.52 bits per heavy atom. The molecule has 29 heavy (non-hydrogen) atoms. The van der Waals surface area contributed by atoms with Crippen molar-refractivity contribution < 1.29 is 19.1 Å².